The smallest absolute Gasteiger partial charge is 0.256 e. The Bertz CT molecular complexity index is 949. The molecule has 0 aliphatic carbocycles. The van der Waals surface area contributed by atoms with Crippen molar-refractivity contribution in [2.24, 2.45) is 5.92 Å². The molecule has 0 bridgehead atoms. The van der Waals surface area contributed by atoms with Crippen LogP contribution in [-0.2, 0) is 4.79 Å². The number of nitrogens with zero attached hydrogens (tertiary/aromatic N) is 2. The molecule has 1 aromatic carbocycles. The molecule has 25 heavy (non-hydrogen) atoms. The van der Waals surface area contributed by atoms with Crippen molar-refractivity contribution in [2.75, 3.05) is 18.4 Å². The van der Waals surface area contributed by atoms with Gasteiger partial charge in [-0.15, -0.1) is 11.3 Å². The maximum Gasteiger partial charge on any atom is 0.256 e. The topological polar surface area (TPSA) is 78.1 Å². The number of fused-ring (bicyclic) bond motifs is 1. The van der Waals surface area contributed by atoms with Gasteiger partial charge in [0.25, 0.3) is 5.91 Å². The van der Waals surface area contributed by atoms with Gasteiger partial charge < -0.3 is 15.2 Å². The summed E-state index contributed by atoms with van der Waals surface area (Å²) in [6.07, 6.45) is 1.74. The number of carbonyl (C=O) groups is 2. The summed E-state index contributed by atoms with van der Waals surface area (Å²) in [7, 11) is 0. The van der Waals surface area contributed by atoms with E-state index in [0.717, 1.165) is 21.5 Å². The Morgan fingerprint density at radius 2 is 2.04 bits per heavy atom. The quantitative estimate of drug-likeness (QED) is 0.759. The fraction of sp³-hybridized carbons (Fsp3) is 0.278. The average molecular weight is 354 g/mol. The van der Waals surface area contributed by atoms with Crippen LogP contribution in [0.5, 0.6) is 0 Å². The average Bonchev–Trinajstić information content (AvgIpc) is 3.09. The fourth-order valence-electron chi connectivity index (χ4n) is 2.96. The molecular formula is C18H18N4O2S. The lowest BCUT2D eigenvalue weighted by Crippen LogP contribution is -2.54. The predicted octanol–water partition coefficient (Wildman–Crippen LogP) is 2.95. The number of aromatic amines is 1. The number of rotatable bonds is 3. The number of para-hydroxylation sites is 1. The number of benzene rings is 1. The maximum absolute atomic E-state index is 12.6. The minimum absolute atomic E-state index is 0.0394. The number of likely N-dealkylation sites (tertiary alicyclic amines) is 1. The molecule has 4 rings (SSSR count). The van der Waals surface area contributed by atoms with Gasteiger partial charge in [-0.25, -0.2) is 4.98 Å². The molecule has 2 amide bonds. The second-order valence-corrected chi connectivity index (χ2v) is 7.51. The molecule has 1 fully saturated rings. The Morgan fingerprint density at radius 1 is 1.28 bits per heavy atom. The number of aromatic nitrogens is 2. The Morgan fingerprint density at radius 3 is 2.76 bits per heavy atom. The van der Waals surface area contributed by atoms with Crippen LogP contribution in [0.2, 0.25) is 0 Å². The Kier molecular flexibility index (Phi) is 3.80. The number of thiazole rings is 1. The molecule has 7 heteroatoms. The predicted molar refractivity (Wildman–Crippen MR) is 97.9 cm³/mol. The maximum atomic E-state index is 12.6. The Balaban J connectivity index is 1.39. The van der Waals surface area contributed by atoms with Gasteiger partial charge in [0.1, 0.15) is 0 Å². The van der Waals surface area contributed by atoms with Gasteiger partial charge in [-0.1, -0.05) is 18.2 Å². The van der Waals surface area contributed by atoms with Gasteiger partial charge in [-0.05, 0) is 19.9 Å². The van der Waals surface area contributed by atoms with Crippen molar-refractivity contribution in [1.82, 2.24) is 14.9 Å². The van der Waals surface area contributed by atoms with E-state index in [4.69, 9.17) is 0 Å². The van der Waals surface area contributed by atoms with Crippen LogP contribution in [0, 0.1) is 19.8 Å². The molecule has 0 saturated carbocycles. The van der Waals surface area contributed by atoms with E-state index in [2.05, 4.69) is 15.3 Å². The molecule has 1 aliphatic heterocycles. The largest absolute Gasteiger partial charge is 0.360 e. The van der Waals surface area contributed by atoms with E-state index in [1.54, 1.807) is 11.1 Å². The molecule has 2 N–H and O–H groups in total. The number of hydrogen-bond acceptors (Lipinski definition) is 4. The second kappa shape index (κ2) is 6.00. The lowest BCUT2D eigenvalue weighted by molar-refractivity contribution is -0.123. The third kappa shape index (κ3) is 2.80. The first-order valence-electron chi connectivity index (χ1n) is 8.13. The van der Waals surface area contributed by atoms with Crippen LogP contribution >= 0.6 is 11.3 Å². The Labute approximate surface area is 148 Å². The first-order valence-corrected chi connectivity index (χ1v) is 8.95. The highest BCUT2D eigenvalue weighted by Crippen LogP contribution is 2.26. The minimum atomic E-state index is -0.182. The second-order valence-electron chi connectivity index (χ2n) is 6.30. The van der Waals surface area contributed by atoms with Gasteiger partial charge in [0.15, 0.2) is 5.13 Å². The Hall–Kier alpha value is -2.67. The van der Waals surface area contributed by atoms with E-state index in [9.17, 15) is 9.59 Å². The van der Waals surface area contributed by atoms with Crippen molar-refractivity contribution >= 4 is 39.2 Å². The van der Waals surface area contributed by atoms with Crippen LogP contribution in [0.4, 0.5) is 5.13 Å². The molecule has 1 saturated heterocycles. The molecule has 128 valence electrons. The standard InChI is InChI=1S/C18H18N4O2S/c1-10-11(2)25-18(20-10)21-16(23)12-8-22(9-12)17(24)14-7-19-15-6-4-3-5-13(14)15/h3-7,12,19H,8-9H2,1-2H3,(H,20,21,23). The summed E-state index contributed by atoms with van der Waals surface area (Å²) < 4.78 is 0. The van der Waals surface area contributed by atoms with Gasteiger partial charge in [0.05, 0.1) is 17.2 Å². The molecule has 0 unspecified atom stereocenters. The molecule has 0 spiro atoms. The molecule has 1 aliphatic rings. The first-order chi connectivity index (χ1) is 12.0. The van der Waals surface area contributed by atoms with Crippen molar-refractivity contribution in [2.45, 2.75) is 13.8 Å². The van der Waals surface area contributed by atoms with Crippen LogP contribution in [-0.4, -0.2) is 39.8 Å². The zero-order valence-corrected chi connectivity index (χ0v) is 14.8. The molecule has 2 aromatic heterocycles. The van der Waals surface area contributed by atoms with E-state index < -0.39 is 0 Å². The van der Waals surface area contributed by atoms with Crippen LogP contribution in [0.15, 0.2) is 30.5 Å². The molecule has 0 atom stereocenters. The summed E-state index contributed by atoms with van der Waals surface area (Å²) >= 11 is 1.47. The van der Waals surface area contributed by atoms with Gasteiger partial charge in [-0.3, -0.25) is 9.59 Å². The highest BCUT2D eigenvalue weighted by molar-refractivity contribution is 7.15. The van der Waals surface area contributed by atoms with Gasteiger partial charge in [0, 0.05) is 35.1 Å². The number of amides is 2. The number of carbonyl (C=O) groups excluding carboxylic acids is 2. The monoisotopic (exact) mass is 354 g/mol. The van der Waals surface area contributed by atoms with E-state index >= 15 is 0 Å². The lowest BCUT2D eigenvalue weighted by atomic mass is 9.98. The first kappa shape index (κ1) is 15.8. The van der Waals surface area contributed by atoms with Crippen molar-refractivity contribution < 1.29 is 9.59 Å². The number of anilines is 1. The van der Waals surface area contributed by atoms with Crippen molar-refractivity contribution in [3.63, 3.8) is 0 Å². The van der Waals surface area contributed by atoms with Crippen LogP contribution in [0.25, 0.3) is 10.9 Å². The summed E-state index contributed by atoms with van der Waals surface area (Å²) in [5.74, 6) is -0.294. The zero-order valence-electron chi connectivity index (χ0n) is 14.0. The van der Waals surface area contributed by atoms with Crippen molar-refractivity contribution in [3.05, 3.63) is 46.6 Å². The van der Waals surface area contributed by atoms with Gasteiger partial charge in [0.2, 0.25) is 5.91 Å². The number of hydrogen-bond donors (Lipinski definition) is 2. The summed E-state index contributed by atoms with van der Waals surface area (Å²) in [4.78, 5) is 35.2. The van der Waals surface area contributed by atoms with Crippen molar-refractivity contribution in [1.29, 1.82) is 0 Å². The summed E-state index contributed by atoms with van der Waals surface area (Å²) in [6, 6.07) is 7.71. The normalized spacial score (nSPS) is 14.6. The van der Waals surface area contributed by atoms with E-state index in [1.165, 1.54) is 11.3 Å². The van der Waals surface area contributed by atoms with Gasteiger partial charge >= 0.3 is 0 Å². The van der Waals surface area contributed by atoms with E-state index in [-0.39, 0.29) is 17.7 Å². The minimum Gasteiger partial charge on any atom is -0.360 e. The van der Waals surface area contributed by atoms with Crippen LogP contribution in [0.3, 0.4) is 0 Å². The summed E-state index contributed by atoms with van der Waals surface area (Å²) in [5, 5.41) is 4.39. The molecule has 0 radical (unpaired) electrons. The molecule has 3 heterocycles. The zero-order chi connectivity index (χ0) is 17.6. The number of aryl methyl sites for hydroxylation is 2. The molecule has 6 nitrogen and oxygen atoms in total. The molecule has 3 aromatic rings. The number of nitrogens with one attached hydrogen (secondary N) is 2. The summed E-state index contributed by atoms with van der Waals surface area (Å²) in [5.41, 5.74) is 2.53. The highest BCUT2D eigenvalue weighted by atomic mass is 32.1. The highest BCUT2D eigenvalue weighted by Gasteiger charge is 2.37. The third-order valence-electron chi connectivity index (χ3n) is 4.62. The lowest BCUT2D eigenvalue weighted by Gasteiger charge is -2.37. The van der Waals surface area contributed by atoms with E-state index in [0.29, 0.717) is 23.8 Å². The van der Waals surface area contributed by atoms with Crippen LogP contribution in [0.1, 0.15) is 20.9 Å². The van der Waals surface area contributed by atoms with Gasteiger partial charge in [-0.2, -0.15) is 0 Å². The molecular weight excluding hydrogens is 336 g/mol. The van der Waals surface area contributed by atoms with E-state index in [1.807, 2.05) is 38.1 Å². The van der Waals surface area contributed by atoms with Crippen LogP contribution < -0.4 is 5.32 Å². The summed E-state index contributed by atoms with van der Waals surface area (Å²) in [6.45, 7) is 4.78. The fourth-order valence-corrected chi connectivity index (χ4v) is 3.78. The SMILES string of the molecule is Cc1nc(NC(=O)C2CN(C(=O)c3c[nH]c4ccccc34)C2)sc1C. The van der Waals surface area contributed by atoms with Crippen molar-refractivity contribution in [3.8, 4) is 0 Å². The third-order valence-corrected chi connectivity index (χ3v) is 5.61. The number of H-pyrrole nitrogens is 1.